The molecule has 1 aromatic heterocycles. The van der Waals surface area contributed by atoms with Crippen LogP contribution < -0.4 is 4.90 Å². The summed E-state index contributed by atoms with van der Waals surface area (Å²) in [5.74, 6) is 1.52. The van der Waals surface area contributed by atoms with Gasteiger partial charge in [0.2, 0.25) is 0 Å². The minimum Gasteiger partial charge on any atom is -0.444 e. The van der Waals surface area contributed by atoms with Gasteiger partial charge in [0.15, 0.2) is 0 Å². The predicted molar refractivity (Wildman–Crippen MR) is 90.6 cm³/mol. The molecule has 0 radical (unpaired) electrons. The molecule has 0 unspecified atom stereocenters. The second kappa shape index (κ2) is 7.15. The molecule has 2 rings (SSSR count). The Balaban J connectivity index is 1.93. The van der Waals surface area contributed by atoms with Gasteiger partial charge in [0.25, 0.3) is 0 Å². The van der Waals surface area contributed by atoms with Crippen LogP contribution in [0.15, 0.2) is 12.4 Å². The van der Waals surface area contributed by atoms with Crippen LogP contribution in [0.25, 0.3) is 0 Å². The molecule has 6 heteroatoms. The van der Waals surface area contributed by atoms with E-state index < -0.39 is 5.60 Å². The first-order chi connectivity index (χ1) is 10.7. The molecule has 1 aliphatic rings. The summed E-state index contributed by atoms with van der Waals surface area (Å²) in [6.07, 6.45) is 2.35. The van der Waals surface area contributed by atoms with E-state index in [2.05, 4.69) is 34.8 Å². The summed E-state index contributed by atoms with van der Waals surface area (Å²) < 4.78 is 5.42. The van der Waals surface area contributed by atoms with Crippen LogP contribution in [0.4, 0.5) is 10.6 Å². The van der Waals surface area contributed by atoms with Gasteiger partial charge in [0.05, 0.1) is 0 Å². The molecule has 0 N–H and O–H groups in total. The predicted octanol–water partition coefficient (Wildman–Crippen LogP) is 2.73. The van der Waals surface area contributed by atoms with Crippen molar-refractivity contribution < 1.29 is 9.53 Å². The Morgan fingerprint density at radius 3 is 2.43 bits per heavy atom. The number of ether oxygens (including phenoxy) is 1. The van der Waals surface area contributed by atoms with Crippen molar-refractivity contribution in [2.45, 2.75) is 46.6 Å². The van der Waals surface area contributed by atoms with Gasteiger partial charge < -0.3 is 14.5 Å². The summed E-state index contributed by atoms with van der Waals surface area (Å²) >= 11 is 0. The first-order valence-electron chi connectivity index (χ1n) is 8.28. The normalized spacial score (nSPS) is 15.9. The minimum atomic E-state index is -0.452. The Labute approximate surface area is 138 Å². The number of amides is 1. The van der Waals surface area contributed by atoms with Crippen molar-refractivity contribution in [2.24, 2.45) is 5.92 Å². The van der Waals surface area contributed by atoms with E-state index in [1.54, 1.807) is 11.2 Å². The van der Waals surface area contributed by atoms with Crippen LogP contribution in [0, 0.1) is 5.92 Å². The highest BCUT2D eigenvalue weighted by Gasteiger charge is 2.26. The third-order valence-electron chi connectivity index (χ3n) is 3.58. The quantitative estimate of drug-likeness (QED) is 0.857. The Bertz CT molecular complexity index is 532. The van der Waals surface area contributed by atoms with Gasteiger partial charge >= 0.3 is 6.09 Å². The number of hydrogen-bond donors (Lipinski definition) is 0. The molecule has 1 aliphatic heterocycles. The van der Waals surface area contributed by atoms with E-state index in [-0.39, 0.29) is 6.09 Å². The molecule has 0 aliphatic carbocycles. The van der Waals surface area contributed by atoms with Crippen LogP contribution in [0.3, 0.4) is 0 Å². The van der Waals surface area contributed by atoms with E-state index in [1.807, 2.05) is 20.8 Å². The summed E-state index contributed by atoms with van der Waals surface area (Å²) in [4.78, 5) is 24.8. The molecule has 1 saturated heterocycles. The van der Waals surface area contributed by atoms with Crippen LogP contribution in [0.2, 0.25) is 0 Å². The molecule has 0 atom stereocenters. The molecule has 23 heavy (non-hydrogen) atoms. The van der Waals surface area contributed by atoms with Gasteiger partial charge in [-0.25, -0.2) is 14.8 Å². The number of aromatic nitrogens is 2. The number of anilines is 1. The lowest BCUT2D eigenvalue weighted by Gasteiger charge is -2.36. The Hall–Kier alpha value is -1.85. The lowest BCUT2D eigenvalue weighted by Crippen LogP contribution is -2.50. The molecular weight excluding hydrogens is 292 g/mol. The number of piperazine rings is 1. The lowest BCUT2D eigenvalue weighted by atomic mass is 10.1. The number of hydrogen-bond acceptors (Lipinski definition) is 5. The Kier molecular flexibility index (Phi) is 5.44. The van der Waals surface area contributed by atoms with Crippen LogP contribution >= 0.6 is 0 Å². The summed E-state index contributed by atoms with van der Waals surface area (Å²) in [5.41, 5.74) is 0.617. The highest BCUT2D eigenvalue weighted by Crippen LogP contribution is 2.17. The van der Waals surface area contributed by atoms with Crippen molar-refractivity contribution in [1.29, 1.82) is 0 Å². The number of nitrogens with zero attached hydrogens (tertiary/aromatic N) is 4. The first kappa shape index (κ1) is 17.5. The molecule has 0 spiro atoms. The molecule has 128 valence electrons. The average molecular weight is 320 g/mol. The summed E-state index contributed by atoms with van der Waals surface area (Å²) in [6.45, 7) is 12.9. The minimum absolute atomic E-state index is 0.236. The number of carbonyl (C=O) groups excluding carboxylic acids is 1. The van der Waals surface area contributed by atoms with Crippen molar-refractivity contribution >= 4 is 11.9 Å². The van der Waals surface area contributed by atoms with Crippen molar-refractivity contribution in [3.05, 3.63) is 18.1 Å². The van der Waals surface area contributed by atoms with Crippen LogP contribution in [-0.2, 0) is 11.2 Å². The Morgan fingerprint density at radius 2 is 1.87 bits per heavy atom. The molecule has 6 nitrogen and oxygen atoms in total. The van der Waals surface area contributed by atoms with E-state index in [9.17, 15) is 4.79 Å². The molecule has 0 aromatic carbocycles. The number of carbonyl (C=O) groups is 1. The summed E-state index contributed by atoms with van der Waals surface area (Å²) in [7, 11) is 0. The monoisotopic (exact) mass is 320 g/mol. The second-order valence-electron chi connectivity index (χ2n) is 7.42. The summed E-state index contributed by atoms with van der Waals surface area (Å²) in [6, 6.07) is 2.06. The van der Waals surface area contributed by atoms with Crippen molar-refractivity contribution in [2.75, 3.05) is 31.1 Å². The molecule has 1 amide bonds. The number of rotatable bonds is 3. The lowest BCUT2D eigenvalue weighted by molar-refractivity contribution is 0.0240. The molecular formula is C17H28N4O2. The van der Waals surface area contributed by atoms with Gasteiger partial charge in [-0.05, 0) is 33.1 Å². The zero-order chi connectivity index (χ0) is 17.0. The largest absolute Gasteiger partial charge is 0.444 e. The molecule has 0 bridgehead atoms. The van der Waals surface area contributed by atoms with Crippen molar-refractivity contribution in [3.8, 4) is 0 Å². The van der Waals surface area contributed by atoms with Crippen LogP contribution in [-0.4, -0.2) is 52.7 Å². The molecule has 1 aromatic rings. The van der Waals surface area contributed by atoms with Gasteiger partial charge in [-0.2, -0.15) is 0 Å². The fourth-order valence-corrected chi connectivity index (χ4v) is 2.53. The fourth-order valence-electron chi connectivity index (χ4n) is 2.53. The first-order valence-corrected chi connectivity index (χ1v) is 8.28. The summed E-state index contributed by atoms with van der Waals surface area (Å²) in [5, 5.41) is 0. The third-order valence-corrected chi connectivity index (χ3v) is 3.58. The van der Waals surface area contributed by atoms with E-state index in [1.165, 1.54) is 0 Å². The van der Waals surface area contributed by atoms with Gasteiger partial charge in [0, 0.05) is 37.9 Å². The van der Waals surface area contributed by atoms with Crippen molar-refractivity contribution in [1.82, 2.24) is 14.9 Å². The average Bonchev–Trinajstić information content (AvgIpc) is 2.45. The smallest absolute Gasteiger partial charge is 0.410 e. The SMILES string of the molecule is CC(C)Cc1cc(N2CCN(C(=O)OC(C)(C)C)CC2)ncn1. The van der Waals surface area contributed by atoms with Gasteiger partial charge in [0.1, 0.15) is 17.7 Å². The molecule has 2 heterocycles. The topological polar surface area (TPSA) is 58.6 Å². The second-order valence-corrected chi connectivity index (χ2v) is 7.42. The Morgan fingerprint density at radius 1 is 1.22 bits per heavy atom. The fraction of sp³-hybridized carbons (Fsp3) is 0.706. The highest BCUT2D eigenvalue weighted by molar-refractivity contribution is 5.68. The van der Waals surface area contributed by atoms with Gasteiger partial charge in [-0.1, -0.05) is 13.8 Å². The van der Waals surface area contributed by atoms with Crippen LogP contribution in [0.5, 0.6) is 0 Å². The van der Waals surface area contributed by atoms with Gasteiger partial charge in [-0.15, -0.1) is 0 Å². The zero-order valence-electron chi connectivity index (χ0n) is 14.9. The van der Waals surface area contributed by atoms with E-state index in [0.717, 1.165) is 31.0 Å². The third kappa shape index (κ3) is 5.37. The maximum Gasteiger partial charge on any atom is 0.410 e. The maximum absolute atomic E-state index is 12.1. The molecule has 0 saturated carbocycles. The van der Waals surface area contributed by atoms with E-state index >= 15 is 0 Å². The van der Waals surface area contributed by atoms with E-state index in [4.69, 9.17) is 4.74 Å². The zero-order valence-corrected chi connectivity index (χ0v) is 14.9. The van der Waals surface area contributed by atoms with E-state index in [0.29, 0.717) is 19.0 Å². The molecule has 1 fully saturated rings. The highest BCUT2D eigenvalue weighted by atomic mass is 16.6. The standard InChI is InChI=1S/C17H28N4O2/c1-13(2)10-14-11-15(19-12-18-14)20-6-8-21(9-7-20)16(22)23-17(3,4)5/h11-13H,6-10H2,1-5H3. The van der Waals surface area contributed by atoms with Crippen LogP contribution in [0.1, 0.15) is 40.3 Å². The van der Waals surface area contributed by atoms with Crippen molar-refractivity contribution in [3.63, 3.8) is 0 Å². The maximum atomic E-state index is 12.1. The van der Waals surface area contributed by atoms with Gasteiger partial charge in [-0.3, -0.25) is 0 Å².